The monoisotopic (exact) mass is 620 g/mol. The van der Waals surface area contributed by atoms with E-state index in [2.05, 4.69) is 38.7 Å². The van der Waals surface area contributed by atoms with E-state index in [1.807, 2.05) is 23.3 Å². The summed E-state index contributed by atoms with van der Waals surface area (Å²) in [7, 11) is 0. The highest BCUT2D eigenvalue weighted by Gasteiger charge is 2.30. The van der Waals surface area contributed by atoms with Crippen LogP contribution < -0.4 is 21.6 Å². The number of ether oxygens (including phenoxy) is 1. The van der Waals surface area contributed by atoms with E-state index in [0.29, 0.717) is 46.1 Å². The highest BCUT2D eigenvalue weighted by molar-refractivity contribution is 6.42. The molecule has 4 N–H and O–H groups in total. The Morgan fingerprint density at radius 2 is 1.90 bits per heavy atom. The summed E-state index contributed by atoms with van der Waals surface area (Å²) in [5, 5.41) is 28.4. The second kappa shape index (κ2) is 11.5. The van der Waals surface area contributed by atoms with Crippen molar-refractivity contribution in [3.63, 3.8) is 0 Å². The van der Waals surface area contributed by atoms with Crippen molar-refractivity contribution in [2.75, 3.05) is 23.8 Å². The van der Waals surface area contributed by atoms with Gasteiger partial charge in [-0.3, -0.25) is 9.99 Å². The number of rotatable bonds is 7. The summed E-state index contributed by atoms with van der Waals surface area (Å²) in [6.45, 7) is 1.20. The lowest BCUT2D eigenvalue weighted by Gasteiger charge is -2.33. The Hall–Kier alpha value is -4.29. The molecule has 13 heteroatoms. The second-order valence-corrected chi connectivity index (χ2v) is 10.8. The summed E-state index contributed by atoms with van der Waals surface area (Å²) >= 11 is 18.7. The van der Waals surface area contributed by atoms with Crippen LogP contribution in [0.3, 0.4) is 0 Å². The molecule has 6 rings (SSSR count). The van der Waals surface area contributed by atoms with Gasteiger partial charge in [-0.1, -0.05) is 46.9 Å². The first-order chi connectivity index (χ1) is 20.4. The molecule has 3 aromatic carbocycles. The zero-order chi connectivity index (χ0) is 29.4. The van der Waals surface area contributed by atoms with Crippen LogP contribution in [0.4, 0.5) is 21.5 Å². The third-order valence-electron chi connectivity index (χ3n) is 6.93. The number of nitrogens with zero attached hydrogens (tertiary/aromatic N) is 4. The van der Waals surface area contributed by atoms with E-state index < -0.39 is 11.9 Å². The molecule has 0 saturated carbocycles. The van der Waals surface area contributed by atoms with Crippen molar-refractivity contribution in [1.82, 2.24) is 21.0 Å². The number of nitrogens with one attached hydrogen (secondary N) is 4. The van der Waals surface area contributed by atoms with Crippen LogP contribution in [-0.4, -0.2) is 29.2 Å². The quantitative estimate of drug-likeness (QED) is 0.171. The molecule has 4 aromatic rings. The van der Waals surface area contributed by atoms with Gasteiger partial charge in [0.25, 0.3) is 0 Å². The van der Waals surface area contributed by atoms with E-state index >= 15 is 0 Å². The molecule has 210 valence electrons. The molecule has 3 heterocycles. The number of anilines is 3. The van der Waals surface area contributed by atoms with Crippen molar-refractivity contribution in [3.8, 4) is 12.1 Å². The Morgan fingerprint density at radius 3 is 2.64 bits per heavy atom. The zero-order valence-electron chi connectivity index (χ0n) is 21.6. The van der Waals surface area contributed by atoms with E-state index in [-0.39, 0.29) is 27.3 Å². The molecule has 2 aliphatic rings. The van der Waals surface area contributed by atoms with Gasteiger partial charge in [-0.05, 0) is 42.0 Å². The second-order valence-electron chi connectivity index (χ2n) is 9.60. The maximum Gasteiger partial charge on any atom is 0.166 e. The number of fused-ring (bicyclic) bond motifs is 1. The van der Waals surface area contributed by atoms with Gasteiger partial charge in [-0.25, -0.2) is 4.39 Å². The standard InChI is InChI=1S/C29H20Cl3FN8O/c30-21-4-5-23(26(33)25(21)32)38-27-17(10-35)11-36-29-20(27)7-18(8-22(29)31)37-28(16-3-1-2-15(6-16)9-34)24-12-41(40-39-24)19-13-42-14-19/h1-8,11-12,19,28,37,39-40H,13-14H2,(H,36,38)/t28-/m0/s1. The molecule has 2 aliphatic heterocycles. The van der Waals surface area contributed by atoms with Crippen molar-refractivity contribution in [2.24, 2.45) is 0 Å². The van der Waals surface area contributed by atoms with Gasteiger partial charge in [0.05, 0.1) is 80.1 Å². The number of pyridine rings is 1. The Balaban J connectivity index is 1.44. The predicted octanol–water partition coefficient (Wildman–Crippen LogP) is 6.54. The molecule has 0 radical (unpaired) electrons. The first-order valence-electron chi connectivity index (χ1n) is 12.6. The molecule has 0 bridgehead atoms. The Labute approximate surface area is 255 Å². The van der Waals surface area contributed by atoms with Crippen molar-refractivity contribution in [3.05, 3.63) is 104 Å². The topological polar surface area (TPSA) is 121 Å². The van der Waals surface area contributed by atoms with Crippen LogP contribution in [-0.2, 0) is 4.74 Å². The number of nitriles is 2. The number of hydrogen-bond donors (Lipinski definition) is 4. The number of hydrazine groups is 2. The maximum atomic E-state index is 15.0. The largest absolute Gasteiger partial charge is 0.377 e. The molecule has 1 atom stereocenters. The van der Waals surface area contributed by atoms with Crippen LogP contribution in [0.2, 0.25) is 15.1 Å². The van der Waals surface area contributed by atoms with Gasteiger partial charge in [0.2, 0.25) is 0 Å². The third-order valence-corrected chi connectivity index (χ3v) is 8.00. The summed E-state index contributed by atoms with van der Waals surface area (Å²) in [5.41, 5.74) is 9.95. The van der Waals surface area contributed by atoms with Gasteiger partial charge < -0.3 is 20.8 Å². The molecular weight excluding hydrogens is 602 g/mol. The first kappa shape index (κ1) is 27.9. The van der Waals surface area contributed by atoms with Crippen molar-refractivity contribution in [2.45, 2.75) is 12.1 Å². The lowest BCUT2D eigenvalue weighted by atomic mass is 10.0. The fraction of sp³-hybridized carbons (Fsp3) is 0.138. The van der Waals surface area contributed by atoms with E-state index in [9.17, 15) is 14.9 Å². The molecule has 9 nitrogen and oxygen atoms in total. The predicted molar refractivity (Wildman–Crippen MR) is 159 cm³/mol. The molecule has 0 amide bonds. The van der Waals surface area contributed by atoms with Crippen LogP contribution in [0.25, 0.3) is 10.9 Å². The first-order valence-corrected chi connectivity index (χ1v) is 13.8. The van der Waals surface area contributed by atoms with Crippen molar-refractivity contribution >= 4 is 62.8 Å². The molecule has 42 heavy (non-hydrogen) atoms. The van der Waals surface area contributed by atoms with E-state index in [1.165, 1.54) is 18.3 Å². The minimum atomic E-state index is -0.760. The zero-order valence-corrected chi connectivity index (χ0v) is 23.8. The van der Waals surface area contributed by atoms with E-state index in [4.69, 9.17) is 39.5 Å². The van der Waals surface area contributed by atoms with Gasteiger partial charge in [-0.2, -0.15) is 10.5 Å². The molecular formula is C29H20Cl3FN8O. The van der Waals surface area contributed by atoms with E-state index in [0.717, 1.165) is 11.3 Å². The minimum absolute atomic E-state index is 0.0283. The molecule has 1 fully saturated rings. The van der Waals surface area contributed by atoms with E-state index in [1.54, 1.807) is 24.3 Å². The lowest BCUT2D eigenvalue weighted by molar-refractivity contribution is -0.0635. The maximum absolute atomic E-state index is 15.0. The molecule has 1 aromatic heterocycles. The average Bonchev–Trinajstić information content (AvgIpc) is 3.44. The normalized spacial score (nSPS) is 15.3. The van der Waals surface area contributed by atoms with Crippen LogP contribution in [0.5, 0.6) is 0 Å². The van der Waals surface area contributed by atoms with Crippen LogP contribution in [0.15, 0.2) is 66.6 Å². The molecule has 0 spiro atoms. The molecule has 0 aliphatic carbocycles. The minimum Gasteiger partial charge on any atom is -0.377 e. The Bertz CT molecular complexity index is 1830. The fourth-order valence-corrected chi connectivity index (χ4v) is 5.26. The SMILES string of the molecule is N#Cc1cccc([C@H](Nc2cc(Cl)c3ncc(C#N)c(Nc4ccc(Cl)c(Cl)c4F)c3c2)C2=CN(C3COC3)NN2)c1. The summed E-state index contributed by atoms with van der Waals surface area (Å²) in [5.74, 6) is -0.760. The number of halogens is 4. The highest BCUT2D eigenvalue weighted by Crippen LogP contribution is 2.39. The van der Waals surface area contributed by atoms with Gasteiger partial charge in [0, 0.05) is 23.5 Å². The van der Waals surface area contributed by atoms with Crippen LogP contribution in [0, 0.1) is 28.5 Å². The Kier molecular flexibility index (Phi) is 7.65. The van der Waals surface area contributed by atoms with Crippen molar-refractivity contribution < 1.29 is 9.13 Å². The summed E-state index contributed by atoms with van der Waals surface area (Å²) in [6.07, 6.45) is 3.31. The summed E-state index contributed by atoms with van der Waals surface area (Å²) in [4.78, 5) is 4.38. The van der Waals surface area contributed by atoms with Gasteiger partial charge in [0.1, 0.15) is 6.07 Å². The van der Waals surface area contributed by atoms with Crippen molar-refractivity contribution in [1.29, 1.82) is 10.5 Å². The number of aromatic nitrogens is 1. The average molecular weight is 622 g/mol. The van der Waals surface area contributed by atoms with Gasteiger partial charge in [-0.15, -0.1) is 5.53 Å². The molecule has 0 unspecified atom stereocenters. The Morgan fingerprint density at radius 1 is 1.07 bits per heavy atom. The third kappa shape index (κ3) is 5.23. The summed E-state index contributed by atoms with van der Waals surface area (Å²) < 4.78 is 20.3. The number of hydrogen-bond acceptors (Lipinski definition) is 9. The van der Waals surface area contributed by atoms with Gasteiger partial charge >= 0.3 is 0 Å². The smallest absolute Gasteiger partial charge is 0.166 e. The van der Waals surface area contributed by atoms with Crippen LogP contribution in [0.1, 0.15) is 22.7 Å². The van der Waals surface area contributed by atoms with Crippen LogP contribution >= 0.6 is 34.8 Å². The van der Waals surface area contributed by atoms with Gasteiger partial charge in [0.15, 0.2) is 5.82 Å². The lowest BCUT2D eigenvalue weighted by Crippen LogP contribution is -2.52. The highest BCUT2D eigenvalue weighted by atomic mass is 35.5. The fourth-order valence-electron chi connectivity index (χ4n) is 4.69. The number of benzene rings is 3. The summed E-state index contributed by atoms with van der Waals surface area (Å²) in [6, 6.07) is 17.7. The molecule has 1 saturated heterocycles.